The molecule has 1 atom stereocenters. The van der Waals surface area contributed by atoms with Gasteiger partial charge >= 0.3 is 0 Å². The fraction of sp³-hybridized carbons (Fsp3) is 0.632. The van der Waals surface area contributed by atoms with Crippen LogP contribution in [0, 0.1) is 17.2 Å². The Morgan fingerprint density at radius 1 is 1.17 bits per heavy atom. The van der Waals surface area contributed by atoms with Crippen molar-refractivity contribution in [2.75, 3.05) is 46.4 Å². The average Bonchev–Trinajstić information content (AvgIpc) is 2.61. The van der Waals surface area contributed by atoms with E-state index in [0.29, 0.717) is 18.3 Å². The predicted molar refractivity (Wildman–Crippen MR) is 95.4 cm³/mol. The lowest BCUT2D eigenvalue weighted by molar-refractivity contribution is 0.118. The molecule has 2 rings (SSSR count). The number of ether oxygens (including phenoxy) is 2. The zero-order chi connectivity index (χ0) is 17.5. The van der Waals surface area contributed by atoms with Crippen LogP contribution >= 0.6 is 0 Å². The van der Waals surface area contributed by atoms with E-state index in [4.69, 9.17) is 9.47 Å². The Labute approximate surface area is 145 Å². The Kier molecular flexibility index (Phi) is 6.89. The van der Waals surface area contributed by atoms with Crippen LogP contribution < -0.4 is 9.47 Å². The summed E-state index contributed by atoms with van der Waals surface area (Å²) in [5, 5.41) is 9.69. The molecule has 0 saturated carbocycles. The molecule has 24 heavy (non-hydrogen) atoms. The predicted octanol–water partition coefficient (Wildman–Crippen LogP) is 2.93. The first-order chi connectivity index (χ1) is 11.6. The number of nitriles is 1. The molecule has 0 amide bonds. The van der Waals surface area contributed by atoms with Crippen LogP contribution in [-0.4, -0.2) is 56.2 Å². The first-order valence-electron chi connectivity index (χ1n) is 8.75. The second-order valence-corrected chi connectivity index (χ2v) is 6.62. The monoisotopic (exact) mass is 331 g/mol. The summed E-state index contributed by atoms with van der Waals surface area (Å²) in [5.41, 5.74) is 0.969. The van der Waals surface area contributed by atoms with Crippen molar-refractivity contribution >= 4 is 0 Å². The number of benzene rings is 1. The van der Waals surface area contributed by atoms with Crippen molar-refractivity contribution in [3.05, 3.63) is 23.8 Å². The Morgan fingerprint density at radius 3 is 2.42 bits per heavy atom. The van der Waals surface area contributed by atoms with Gasteiger partial charge in [0.25, 0.3) is 0 Å². The normalized spacial score (nSPS) is 17.5. The fourth-order valence-corrected chi connectivity index (χ4v) is 2.93. The van der Waals surface area contributed by atoms with Crippen LogP contribution in [0.25, 0.3) is 0 Å². The van der Waals surface area contributed by atoms with Gasteiger partial charge in [0.15, 0.2) is 11.5 Å². The van der Waals surface area contributed by atoms with Crippen molar-refractivity contribution in [2.24, 2.45) is 5.92 Å². The molecular weight excluding hydrogens is 302 g/mol. The van der Waals surface area contributed by atoms with Crippen LogP contribution in [0.1, 0.15) is 32.4 Å². The molecule has 1 aliphatic heterocycles. The summed E-state index contributed by atoms with van der Waals surface area (Å²) in [6.45, 7) is 12.0. The number of nitrogens with zero attached hydrogens (tertiary/aromatic N) is 3. The molecule has 0 bridgehead atoms. The highest BCUT2D eigenvalue weighted by Gasteiger charge is 2.25. The highest BCUT2D eigenvalue weighted by atomic mass is 16.5. The lowest BCUT2D eigenvalue weighted by Crippen LogP contribution is -2.47. The molecule has 1 unspecified atom stereocenters. The van der Waals surface area contributed by atoms with Gasteiger partial charge in [-0.3, -0.25) is 4.90 Å². The number of hydrogen-bond donors (Lipinski definition) is 0. The van der Waals surface area contributed by atoms with Crippen molar-refractivity contribution in [1.82, 2.24) is 9.80 Å². The van der Waals surface area contributed by atoms with Gasteiger partial charge in [0.05, 0.1) is 19.8 Å². The Morgan fingerprint density at radius 2 is 1.88 bits per heavy atom. The van der Waals surface area contributed by atoms with E-state index < -0.39 is 0 Å². The summed E-state index contributed by atoms with van der Waals surface area (Å²) >= 11 is 0. The lowest BCUT2D eigenvalue weighted by Gasteiger charge is -2.36. The van der Waals surface area contributed by atoms with Crippen LogP contribution in [0.2, 0.25) is 0 Å². The SMILES string of the molecule is CCN1CCN(C(C#N)c2ccc(OCC(C)C)c(OC)c2)CC1. The van der Waals surface area contributed by atoms with Crippen LogP contribution in [0.4, 0.5) is 0 Å². The minimum absolute atomic E-state index is 0.239. The Balaban J connectivity index is 2.13. The van der Waals surface area contributed by atoms with E-state index in [1.165, 1.54) is 0 Å². The third-order valence-electron chi connectivity index (χ3n) is 4.42. The van der Waals surface area contributed by atoms with Crippen LogP contribution in [0.3, 0.4) is 0 Å². The molecule has 0 radical (unpaired) electrons. The molecule has 1 saturated heterocycles. The molecule has 1 aromatic rings. The topological polar surface area (TPSA) is 48.7 Å². The zero-order valence-electron chi connectivity index (χ0n) is 15.3. The lowest BCUT2D eigenvalue weighted by atomic mass is 10.0. The second-order valence-electron chi connectivity index (χ2n) is 6.62. The number of likely N-dealkylation sites (N-methyl/N-ethyl adjacent to an activating group) is 1. The smallest absolute Gasteiger partial charge is 0.161 e. The molecule has 1 aliphatic rings. The number of rotatable bonds is 7. The van der Waals surface area contributed by atoms with Crippen molar-refractivity contribution in [1.29, 1.82) is 5.26 Å². The molecule has 1 aromatic carbocycles. The quantitative estimate of drug-likeness (QED) is 0.769. The van der Waals surface area contributed by atoms with Gasteiger partial charge in [-0.2, -0.15) is 5.26 Å². The molecule has 5 heteroatoms. The summed E-state index contributed by atoms with van der Waals surface area (Å²) in [6, 6.07) is 8.06. The third kappa shape index (κ3) is 4.62. The highest BCUT2D eigenvalue weighted by Crippen LogP contribution is 2.32. The standard InChI is InChI=1S/C19H29N3O2/c1-5-21-8-10-22(11-9-21)17(13-20)16-6-7-18(19(12-16)23-4)24-14-15(2)3/h6-7,12,15,17H,5,8-11,14H2,1-4H3. The van der Waals surface area contributed by atoms with Crippen LogP contribution in [0.5, 0.6) is 11.5 Å². The van der Waals surface area contributed by atoms with Crippen LogP contribution in [-0.2, 0) is 0 Å². The van der Waals surface area contributed by atoms with Crippen molar-refractivity contribution in [3.8, 4) is 17.6 Å². The Hall–Kier alpha value is -1.77. The minimum atomic E-state index is -0.239. The number of piperazine rings is 1. The molecule has 0 N–H and O–H groups in total. The van der Waals surface area contributed by atoms with Gasteiger partial charge in [-0.15, -0.1) is 0 Å². The molecule has 1 fully saturated rings. The molecule has 5 nitrogen and oxygen atoms in total. The Bertz CT molecular complexity index is 560. The minimum Gasteiger partial charge on any atom is -0.493 e. The number of methoxy groups -OCH3 is 1. The molecular formula is C19H29N3O2. The second kappa shape index (κ2) is 8.91. The summed E-state index contributed by atoms with van der Waals surface area (Å²) < 4.78 is 11.3. The summed E-state index contributed by atoms with van der Waals surface area (Å²) in [5.74, 6) is 1.89. The average molecular weight is 331 g/mol. The maximum absolute atomic E-state index is 9.69. The largest absolute Gasteiger partial charge is 0.493 e. The van der Waals surface area contributed by atoms with Crippen molar-refractivity contribution < 1.29 is 9.47 Å². The molecule has 0 aliphatic carbocycles. The summed E-state index contributed by atoms with van der Waals surface area (Å²) in [7, 11) is 1.64. The first kappa shape index (κ1) is 18.6. The van der Waals surface area contributed by atoms with Gasteiger partial charge in [0.2, 0.25) is 0 Å². The fourth-order valence-electron chi connectivity index (χ4n) is 2.93. The number of hydrogen-bond acceptors (Lipinski definition) is 5. The van der Waals surface area contributed by atoms with Gasteiger partial charge in [-0.1, -0.05) is 26.8 Å². The van der Waals surface area contributed by atoms with Crippen molar-refractivity contribution in [3.63, 3.8) is 0 Å². The van der Waals surface area contributed by atoms with Crippen molar-refractivity contribution in [2.45, 2.75) is 26.8 Å². The first-order valence-corrected chi connectivity index (χ1v) is 8.75. The molecule has 0 aromatic heterocycles. The van der Waals surface area contributed by atoms with Gasteiger partial charge in [-0.05, 0) is 30.2 Å². The summed E-state index contributed by atoms with van der Waals surface area (Å²) in [6.07, 6.45) is 0. The van der Waals surface area contributed by atoms with E-state index in [2.05, 4.69) is 36.6 Å². The van der Waals surface area contributed by atoms with E-state index in [-0.39, 0.29) is 6.04 Å². The van der Waals surface area contributed by atoms with E-state index >= 15 is 0 Å². The third-order valence-corrected chi connectivity index (χ3v) is 4.42. The van der Waals surface area contributed by atoms with Gasteiger partial charge in [0, 0.05) is 26.2 Å². The summed E-state index contributed by atoms with van der Waals surface area (Å²) in [4.78, 5) is 4.66. The van der Waals surface area contributed by atoms with E-state index in [0.717, 1.165) is 44.0 Å². The van der Waals surface area contributed by atoms with Gasteiger partial charge in [-0.25, -0.2) is 0 Å². The van der Waals surface area contributed by atoms with E-state index in [1.807, 2.05) is 18.2 Å². The molecule has 1 heterocycles. The van der Waals surface area contributed by atoms with Crippen LogP contribution in [0.15, 0.2) is 18.2 Å². The molecule has 132 valence electrons. The van der Waals surface area contributed by atoms with E-state index in [1.54, 1.807) is 7.11 Å². The van der Waals surface area contributed by atoms with E-state index in [9.17, 15) is 5.26 Å². The molecule has 0 spiro atoms. The highest BCUT2D eigenvalue weighted by molar-refractivity contribution is 5.45. The zero-order valence-corrected chi connectivity index (χ0v) is 15.3. The van der Waals surface area contributed by atoms with Gasteiger partial charge < -0.3 is 14.4 Å². The maximum Gasteiger partial charge on any atom is 0.161 e. The van der Waals surface area contributed by atoms with Gasteiger partial charge in [0.1, 0.15) is 6.04 Å². The maximum atomic E-state index is 9.69.